The lowest BCUT2D eigenvalue weighted by atomic mass is 10.4. The fourth-order valence-electron chi connectivity index (χ4n) is 1.45. The minimum absolute atomic E-state index is 0.0914. The number of aryl methyl sites for hydroxylation is 1. The van der Waals surface area contributed by atoms with Gasteiger partial charge in [0.1, 0.15) is 0 Å². The van der Waals surface area contributed by atoms with E-state index in [2.05, 4.69) is 10.4 Å². The molecule has 2 amide bonds. The first-order valence-electron chi connectivity index (χ1n) is 4.88. The molecule has 6 heteroatoms. The molecule has 1 aliphatic heterocycles. The third-order valence-corrected chi connectivity index (χ3v) is 2.25. The van der Waals surface area contributed by atoms with Crippen molar-refractivity contribution in [2.45, 2.75) is 0 Å². The summed E-state index contributed by atoms with van der Waals surface area (Å²) in [6, 6.07) is -0.0914. The van der Waals surface area contributed by atoms with E-state index in [-0.39, 0.29) is 6.03 Å². The molecule has 82 valence electrons. The first-order valence-corrected chi connectivity index (χ1v) is 4.88. The Morgan fingerprint density at radius 2 is 2.27 bits per heavy atom. The van der Waals surface area contributed by atoms with Gasteiger partial charge in [-0.2, -0.15) is 5.10 Å². The first kappa shape index (κ1) is 9.97. The molecule has 0 unspecified atom stereocenters. The van der Waals surface area contributed by atoms with Gasteiger partial charge >= 0.3 is 6.03 Å². The lowest BCUT2D eigenvalue weighted by Gasteiger charge is -2.26. The SMILES string of the molecule is Cn1cc(NC(=O)N2CCOCC2)cn1. The molecular weight excluding hydrogens is 196 g/mol. The highest BCUT2D eigenvalue weighted by atomic mass is 16.5. The van der Waals surface area contributed by atoms with Crippen LogP contribution in [0.4, 0.5) is 10.5 Å². The summed E-state index contributed by atoms with van der Waals surface area (Å²) < 4.78 is 6.81. The Hall–Kier alpha value is -1.56. The van der Waals surface area contributed by atoms with Gasteiger partial charge in [-0.25, -0.2) is 4.79 Å². The number of nitrogens with one attached hydrogen (secondary N) is 1. The van der Waals surface area contributed by atoms with Gasteiger partial charge in [0.15, 0.2) is 0 Å². The average molecular weight is 210 g/mol. The third-order valence-electron chi connectivity index (χ3n) is 2.25. The number of aromatic nitrogens is 2. The molecule has 15 heavy (non-hydrogen) atoms. The molecule has 1 aliphatic rings. The third kappa shape index (κ3) is 2.47. The largest absolute Gasteiger partial charge is 0.378 e. The molecule has 0 saturated carbocycles. The zero-order valence-corrected chi connectivity index (χ0v) is 8.64. The van der Waals surface area contributed by atoms with Crippen LogP contribution in [-0.2, 0) is 11.8 Å². The van der Waals surface area contributed by atoms with Crippen molar-refractivity contribution in [1.82, 2.24) is 14.7 Å². The van der Waals surface area contributed by atoms with Crippen LogP contribution in [0.1, 0.15) is 0 Å². The summed E-state index contributed by atoms with van der Waals surface area (Å²) in [7, 11) is 1.81. The molecule has 1 saturated heterocycles. The molecule has 0 aliphatic carbocycles. The van der Waals surface area contributed by atoms with Crippen LogP contribution in [0.25, 0.3) is 0 Å². The molecule has 0 bridgehead atoms. The van der Waals surface area contributed by atoms with Crippen molar-refractivity contribution in [3.63, 3.8) is 0 Å². The normalized spacial score (nSPS) is 16.5. The predicted octanol–water partition coefficient (Wildman–Crippen LogP) is 0.284. The fourth-order valence-corrected chi connectivity index (χ4v) is 1.45. The van der Waals surface area contributed by atoms with Crippen molar-refractivity contribution < 1.29 is 9.53 Å². The van der Waals surface area contributed by atoms with Gasteiger partial charge in [0.2, 0.25) is 0 Å². The van der Waals surface area contributed by atoms with E-state index in [1.165, 1.54) is 0 Å². The number of hydrogen-bond acceptors (Lipinski definition) is 3. The standard InChI is InChI=1S/C9H14N4O2/c1-12-7-8(6-10-12)11-9(14)13-2-4-15-5-3-13/h6-7H,2-5H2,1H3,(H,11,14). The second-order valence-electron chi connectivity index (χ2n) is 3.43. The van der Waals surface area contributed by atoms with E-state index >= 15 is 0 Å². The highest BCUT2D eigenvalue weighted by Crippen LogP contribution is 2.06. The van der Waals surface area contributed by atoms with E-state index in [1.807, 2.05) is 7.05 Å². The number of nitrogens with zero attached hydrogens (tertiary/aromatic N) is 3. The summed E-state index contributed by atoms with van der Waals surface area (Å²) in [4.78, 5) is 13.4. The van der Waals surface area contributed by atoms with Gasteiger partial charge in [0, 0.05) is 26.3 Å². The van der Waals surface area contributed by atoms with E-state index in [1.54, 1.807) is 22.0 Å². The molecular formula is C9H14N4O2. The molecule has 2 rings (SSSR count). The summed E-state index contributed by atoms with van der Waals surface area (Å²) in [5, 5.41) is 6.75. The van der Waals surface area contributed by atoms with Crippen LogP contribution in [0.15, 0.2) is 12.4 Å². The van der Waals surface area contributed by atoms with Crippen molar-refractivity contribution in [1.29, 1.82) is 0 Å². The Morgan fingerprint density at radius 3 is 2.87 bits per heavy atom. The number of morpholine rings is 1. The summed E-state index contributed by atoms with van der Waals surface area (Å²) in [6.45, 7) is 2.51. The quantitative estimate of drug-likeness (QED) is 0.724. The van der Waals surface area contributed by atoms with Crippen LogP contribution in [-0.4, -0.2) is 47.0 Å². The molecule has 2 heterocycles. The van der Waals surface area contributed by atoms with E-state index < -0.39 is 0 Å². The molecule has 1 aromatic rings. The maximum Gasteiger partial charge on any atom is 0.322 e. The monoisotopic (exact) mass is 210 g/mol. The topological polar surface area (TPSA) is 59.4 Å². The maximum atomic E-state index is 11.7. The molecule has 0 radical (unpaired) electrons. The van der Waals surface area contributed by atoms with Gasteiger partial charge in [0.25, 0.3) is 0 Å². The summed E-state index contributed by atoms with van der Waals surface area (Å²) in [5.74, 6) is 0. The van der Waals surface area contributed by atoms with Crippen molar-refractivity contribution >= 4 is 11.7 Å². The zero-order chi connectivity index (χ0) is 10.7. The number of anilines is 1. The molecule has 1 aromatic heterocycles. The van der Waals surface area contributed by atoms with Crippen LogP contribution in [0, 0.1) is 0 Å². The van der Waals surface area contributed by atoms with E-state index in [9.17, 15) is 4.79 Å². The molecule has 1 fully saturated rings. The Morgan fingerprint density at radius 1 is 1.53 bits per heavy atom. The van der Waals surface area contributed by atoms with Crippen molar-refractivity contribution in [3.8, 4) is 0 Å². The van der Waals surface area contributed by atoms with Crippen LogP contribution >= 0.6 is 0 Å². The molecule has 0 aromatic carbocycles. The van der Waals surface area contributed by atoms with Gasteiger partial charge in [-0.1, -0.05) is 0 Å². The van der Waals surface area contributed by atoms with Gasteiger partial charge in [-0.3, -0.25) is 4.68 Å². The number of carbonyl (C=O) groups excluding carboxylic acids is 1. The number of carbonyl (C=O) groups is 1. The smallest absolute Gasteiger partial charge is 0.322 e. The highest BCUT2D eigenvalue weighted by Gasteiger charge is 2.16. The number of amides is 2. The lowest BCUT2D eigenvalue weighted by molar-refractivity contribution is 0.0564. The van der Waals surface area contributed by atoms with Crippen molar-refractivity contribution in [2.24, 2.45) is 7.05 Å². The predicted molar refractivity (Wildman–Crippen MR) is 54.6 cm³/mol. The minimum Gasteiger partial charge on any atom is -0.378 e. The van der Waals surface area contributed by atoms with Gasteiger partial charge in [-0.15, -0.1) is 0 Å². The molecule has 0 spiro atoms. The number of ether oxygens (including phenoxy) is 1. The van der Waals surface area contributed by atoms with Gasteiger partial charge in [-0.05, 0) is 0 Å². The summed E-state index contributed by atoms with van der Waals surface area (Å²) in [6.07, 6.45) is 3.39. The van der Waals surface area contributed by atoms with Crippen LogP contribution in [0.2, 0.25) is 0 Å². The number of rotatable bonds is 1. The minimum atomic E-state index is -0.0914. The van der Waals surface area contributed by atoms with Crippen molar-refractivity contribution in [3.05, 3.63) is 12.4 Å². The molecule has 0 atom stereocenters. The molecule has 6 nitrogen and oxygen atoms in total. The fraction of sp³-hybridized carbons (Fsp3) is 0.556. The highest BCUT2D eigenvalue weighted by molar-refractivity contribution is 5.89. The van der Waals surface area contributed by atoms with Gasteiger partial charge < -0.3 is 15.0 Å². The maximum absolute atomic E-state index is 11.7. The Kier molecular flexibility index (Phi) is 2.86. The summed E-state index contributed by atoms with van der Waals surface area (Å²) in [5.41, 5.74) is 0.717. The first-order chi connectivity index (χ1) is 7.25. The Bertz CT molecular complexity index is 344. The number of urea groups is 1. The Balaban J connectivity index is 1.91. The van der Waals surface area contributed by atoms with Crippen LogP contribution in [0.5, 0.6) is 0 Å². The second kappa shape index (κ2) is 4.31. The van der Waals surface area contributed by atoms with Crippen LogP contribution in [0.3, 0.4) is 0 Å². The van der Waals surface area contributed by atoms with Crippen LogP contribution < -0.4 is 5.32 Å². The Labute approximate surface area is 87.8 Å². The lowest BCUT2D eigenvalue weighted by Crippen LogP contribution is -2.43. The number of hydrogen-bond donors (Lipinski definition) is 1. The second-order valence-corrected chi connectivity index (χ2v) is 3.43. The zero-order valence-electron chi connectivity index (χ0n) is 8.64. The van der Waals surface area contributed by atoms with E-state index in [0.717, 1.165) is 0 Å². The average Bonchev–Trinajstić information content (AvgIpc) is 2.65. The van der Waals surface area contributed by atoms with E-state index in [0.29, 0.717) is 32.0 Å². The molecule has 1 N–H and O–H groups in total. The van der Waals surface area contributed by atoms with E-state index in [4.69, 9.17) is 4.74 Å². The van der Waals surface area contributed by atoms with Crippen molar-refractivity contribution in [2.75, 3.05) is 31.6 Å². The van der Waals surface area contributed by atoms with Gasteiger partial charge in [0.05, 0.1) is 25.1 Å². The summed E-state index contributed by atoms with van der Waals surface area (Å²) >= 11 is 0.